The molecule has 3 saturated heterocycles. The summed E-state index contributed by atoms with van der Waals surface area (Å²) in [6.45, 7) is 0.817. The van der Waals surface area contributed by atoms with E-state index < -0.39 is 55.1 Å². The van der Waals surface area contributed by atoms with Gasteiger partial charge in [-0.15, -0.1) is 0 Å². The number of benzene rings is 4. The van der Waals surface area contributed by atoms with Gasteiger partial charge >= 0.3 is 12.2 Å². The van der Waals surface area contributed by atoms with E-state index in [1.54, 1.807) is 42.7 Å². The lowest BCUT2D eigenvalue weighted by Gasteiger charge is -2.34. The second kappa shape index (κ2) is 18.8. The number of fused-ring (bicyclic) bond motifs is 1. The van der Waals surface area contributed by atoms with Gasteiger partial charge in [0.2, 0.25) is 5.91 Å². The van der Waals surface area contributed by atoms with Crippen molar-refractivity contribution in [3.05, 3.63) is 121 Å². The highest BCUT2D eigenvalue weighted by Gasteiger charge is 2.50. The van der Waals surface area contributed by atoms with Crippen molar-refractivity contribution in [2.24, 2.45) is 5.92 Å². The van der Waals surface area contributed by atoms with E-state index in [1.165, 1.54) is 14.2 Å². The van der Waals surface area contributed by atoms with Crippen LogP contribution in [0.2, 0.25) is 0 Å². The van der Waals surface area contributed by atoms with Gasteiger partial charge in [0.25, 0.3) is 11.8 Å². The molecular weight excluding hydrogens is 851 g/mol. The van der Waals surface area contributed by atoms with Gasteiger partial charge in [0.15, 0.2) is 0 Å². The van der Waals surface area contributed by atoms with Crippen LogP contribution in [0.5, 0.6) is 0 Å². The van der Waals surface area contributed by atoms with Gasteiger partial charge in [0, 0.05) is 31.7 Å². The second-order valence-electron chi connectivity index (χ2n) is 17.0. The number of hydrogen-bond donors (Lipinski definition) is 4. The summed E-state index contributed by atoms with van der Waals surface area (Å²) >= 11 is 0. The first-order valence-electron chi connectivity index (χ1n) is 22.0. The Bertz CT molecular complexity index is 2720. The SMILES string of the molecule is COC(=O)NC(C(=O)N1CCC[C@H]1c1ncc(-c2ccc3cc(-c4ccc(-c5cnc([C@@H]6CC(F)(F)CN6C(=O)[C@H](NC(=O)OC)c6ccccc6)[nH]5)cc4)ccc3c2)[nH]1)C1CCOCC1. The Morgan fingerprint density at radius 3 is 1.98 bits per heavy atom. The molecule has 3 aliphatic rings. The summed E-state index contributed by atoms with van der Waals surface area (Å²) in [5, 5.41) is 7.37. The Kier molecular flexibility index (Phi) is 12.5. The number of likely N-dealkylation sites (tertiary alicyclic amines) is 2. The van der Waals surface area contributed by atoms with E-state index in [0.717, 1.165) is 56.5 Å². The molecule has 9 rings (SSSR count). The number of methoxy groups -OCH3 is 2. The van der Waals surface area contributed by atoms with Crippen LogP contribution in [0.3, 0.4) is 0 Å². The molecule has 4 atom stereocenters. The number of imidazole rings is 2. The smallest absolute Gasteiger partial charge is 0.407 e. The first-order valence-corrected chi connectivity index (χ1v) is 22.0. The number of ether oxygens (including phenoxy) is 3. The first kappa shape index (κ1) is 44.1. The van der Waals surface area contributed by atoms with Crippen molar-refractivity contribution < 1.29 is 42.2 Å². The van der Waals surface area contributed by atoms with Gasteiger partial charge in [-0.05, 0) is 76.8 Å². The minimum atomic E-state index is -3.17. The fourth-order valence-electron chi connectivity index (χ4n) is 9.42. The fraction of sp³-hybridized carbons (Fsp3) is 0.347. The highest BCUT2D eigenvalue weighted by Crippen LogP contribution is 2.42. The van der Waals surface area contributed by atoms with Gasteiger partial charge in [-0.1, -0.05) is 78.9 Å². The fourth-order valence-corrected chi connectivity index (χ4v) is 9.42. The predicted octanol–water partition coefficient (Wildman–Crippen LogP) is 8.11. The molecule has 15 nitrogen and oxygen atoms in total. The molecule has 342 valence electrons. The zero-order valence-electron chi connectivity index (χ0n) is 36.5. The maximum atomic E-state index is 15.0. The molecule has 4 amide bonds. The topological polar surface area (TPSA) is 184 Å². The number of aromatic amines is 2. The van der Waals surface area contributed by atoms with Crippen LogP contribution in [-0.4, -0.2) is 106 Å². The molecule has 5 heterocycles. The van der Waals surface area contributed by atoms with Gasteiger partial charge in [-0.3, -0.25) is 9.59 Å². The summed E-state index contributed by atoms with van der Waals surface area (Å²) in [4.78, 5) is 71.2. The number of rotatable bonds is 11. The van der Waals surface area contributed by atoms with Crippen molar-refractivity contribution in [3.63, 3.8) is 0 Å². The zero-order chi connectivity index (χ0) is 46.0. The van der Waals surface area contributed by atoms with Gasteiger partial charge in [0.1, 0.15) is 23.7 Å². The Morgan fingerprint density at radius 2 is 1.30 bits per heavy atom. The standard InChI is InChI=1S/C49H50F2N8O7/c1-64-47(62)56-41(31-7-4-3-5-8-31)46(61)59-28-49(50,51)25-40(59)44-53-26-37(54-44)30-12-10-29(11-13-30)33-14-15-35-24-36(17-16-34(35)23-33)38-27-52-43(55-38)39-9-6-20-58(39)45(60)42(57-48(63)65-2)32-18-21-66-22-19-32/h3-5,7-8,10-17,23-24,26-27,32,39-42H,6,9,18-22,25,28H2,1-2H3,(H,52,55)(H,53,54)(H,56,62)(H,57,63)/t39-,40-,41+,42?/m0/s1. The molecular formula is C49H50F2N8O7. The Morgan fingerprint density at radius 1 is 0.712 bits per heavy atom. The van der Waals surface area contributed by atoms with Crippen molar-refractivity contribution >= 4 is 34.8 Å². The molecule has 0 radical (unpaired) electrons. The van der Waals surface area contributed by atoms with E-state index in [-0.39, 0.29) is 23.7 Å². The summed E-state index contributed by atoms with van der Waals surface area (Å²) in [6.07, 6.45) is 4.15. The average Bonchev–Trinajstić information content (AvgIpc) is 4.19. The second-order valence-corrected chi connectivity index (χ2v) is 17.0. The number of carbonyl (C=O) groups excluding carboxylic acids is 4. The third kappa shape index (κ3) is 9.20. The number of amides is 4. The van der Waals surface area contributed by atoms with E-state index >= 15 is 8.78 Å². The number of hydrogen-bond acceptors (Lipinski definition) is 9. The summed E-state index contributed by atoms with van der Waals surface area (Å²) in [5.41, 5.74) is 5.55. The highest BCUT2D eigenvalue weighted by molar-refractivity contribution is 5.91. The van der Waals surface area contributed by atoms with Crippen molar-refractivity contribution in [2.45, 2.75) is 62.2 Å². The van der Waals surface area contributed by atoms with Crippen molar-refractivity contribution in [1.29, 1.82) is 0 Å². The van der Waals surface area contributed by atoms with Crippen molar-refractivity contribution in [1.82, 2.24) is 40.4 Å². The number of nitrogens with zero attached hydrogens (tertiary/aromatic N) is 4. The molecule has 1 unspecified atom stereocenters. The maximum absolute atomic E-state index is 15.0. The molecule has 4 N–H and O–H groups in total. The molecule has 3 fully saturated rings. The quantitative estimate of drug-likeness (QED) is 0.0998. The number of aromatic nitrogens is 4. The Balaban J connectivity index is 0.882. The van der Waals surface area contributed by atoms with E-state index in [4.69, 9.17) is 19.2 Å². The van der Waals surface area contributed by atoms with Gasteiger partial charge in [-0.2, -0.15) is 0 Å². The number of H-pyrrole nitrogens is 2. The monoisotopic (exact) mass is 900 g/mol. The lowest BCUT2D eigenvalue weighted by atomic mass is 9.90. The van der Waals surface area contributed by atoms with Crippen LogP contribution in [0.4, 0.5) is 18.4 Å². The minimum Gasteiger partial charge on any atom is -0.453 e. The molecule has 2 aromatic heterocycles. The van der Waals surface area contributed by atoms with E-state index in [0.29, 0.717) is 49.7 Å². The van der Waals surface area contributed by atoms with Crippen molar-refractivity contribution in [3.8, 4) is 33.6 Å². The molecule has 0 aliphatic carbocycles. The predicted molar refractivity (Wildman–Crippen MR) is 240 cm³/mol. The van der Waals surface area contributed by atoms with Crippen molar-refractivity contribution in [2.75, 3.05) is 40.5 Å². The van der Waals surface area contributed by atoms with Crippen LogP contribution < -0.4 is 10.6 Å². The van der Waals surface area contributed by atoms with E-state index in [1.807, 2.05) is 35.2 Å². The van der Waals surface area contributed by atoms with Crippen LogP contribution in [0, 0.1) is 5.92 Å². The Hall–Kier alpha value is -7.14. The molecule has 0 spiro atoms. The summed E-state index contributed by atoms with van der Waals surface area (Å²) < 4.78 is 45.2. The Labute approximate surface area is 379 Å². The number of carbonyl (C=O) groups is 4. The summed E-state index contributed by atoms with van der Waals surface area (Å²) in [7, 11) is 2.46. The van der Waals surface area contributed by atoms with Crippen LogP contribution in [0.25, 0.3) is 44.4 Å². The average molecular weight is 901 g/mol. The normalized spacial score (nSPS) is 19.3. The maximum Gasteiger partial charge on any atom is 0.407 e. The summed E-state index contributed by atoms with van der Waals surface area (Å²) in [6, 6.07) is 25.4. The first-order chi connectivity index (χ1) is 32.0. The minimum absolute atomic E-state index is 0.0514. The molecule has 66 heavy (non-hydrogen) atoms. The summed E-state index contributed by atoms with van der Waals surface area (Å²) in [5.74, 6) is -3.15. The lowest BCUT2D eigenvalue weighted by molar-refractivity contribution is -0.137. The molecule has 3 aliphatic heterocycles. The number of alkyl halides is 2. The molecule has 6 aromatic rings. The highest BCUT2D eigenvalue weighted by atomic mass is 19.3. The number of alkyl carbamates (subject to hydrolysis) is 2. The largest absolute Gasteiger partial charge is 0.453 e. The van der Waals surface area contributed by atoms with Crippen LogP contribution in [0.15, 0.2) is 103 Å². The van der Waals surface area contributed by atoms with Crippen LogP contribution in [-0.2, 0) is 23.8 Å². The molecule has 17 heteroatoms. The van der Waals surface area contributed by atoms with Gasteiger partial charge in [-0.25, -0.2) is 28.3 Å². The molecule has 0 bridgehead atoms. The molecule has 0 saturated carbocycles. The van der Waals surface area contributed by atoms with E-state index in [2.05, 4.69) is 55.9 Å². The lowest BCUT2D eigenvalue weighted by Crippen LogP contribution is -2.53. The number of nitrogens with one attached hydrogen (secondary N) is 4. The van der Waals surface area contributed by atoms with Crippen LogP contribution >= 0.6 is 0 Å². The molecule has 4 aromatic carbocycles. The van der Waals surface area contributed by atoms with Gasteiger partial charge in [0.05, 0.1) is 56.6 Å². The van der Waals surface area contributed by atoms with E-state index in [9.17, 15) is 19.2 Å². The third-order valence-corrected chi connectivity index (χ3v) is 12.9. The third-order valence-electron chi connectivity index (χ3n) is 12.9. The number of halogens is 2. The van der Waals surface area contributed by atoms with Crippen LogP contribution in [0.1, 0.15) is 67.4 Å². The van der Waals surface area contributed by atoms with Gasteiger partial charge < -0.3 is 44.6 Å². The zero-order valence-corrected chi connectivity index (χ0v) is 36.5.